The molecule has 1 N–H and O–H groups in total. The van der Waals surface area contributed by atoms with Crippen LogP contribution >= 0.6 is 0 Å². The van der Waals surface area contributed by atoms with Crippen molar-refractivity contribution in [3.63, 3.8) is 0 Å². The third kappa shape index (κ3) is 4.27. The standard InChI is InChI=1S/C16H25FN2O2S/c1-12-6-7-15(17)16(9-12)22(20,21)18-10-14(3)19-8-4-5-13(2)11-19/h6-7,9,13-14,18H,4-5,8,10-11H2,1-3H3/t13-,14+/m1/s1. The molecule has 1 aliphatic rings. The highest BCUT2D eigenvalue weighted by Crippen LogP contribution is 2.19. The Morgan fingerprint density at radius 1 is 1.45 bits per heavy atom. The van der Waals surface area contributed by atoms with Crippen LogP contribution in [0.15, 0.2) is 23.1 Å². The van der Waals surface area contributed by atoms with Crippen LogP contribution in [0.2, 0.25) is 0 Å². The van der Waals surface area contributed by atoms with Crippen molar-refractivity contribution in [2.24, 2.45) is 5.92 Å². The van der Waals surface area contributed by atoms with Gasteiger partial charge >= 0.3 is 0 Å². The van der Waals surface area contributed by atoms with Gasteiger partial charge in [0.05, 0.1) is 0 Å². The summed E-state index contributed by atoms with van der Waals surface area (Å²) in [5.74, 6) is -0.0700. The number of sulfonamides is 1. The van der Waals surface area contributed by atoms with E-state index in [0.29, 0.717) is 12.5 Å². The van der Waals surface area contributed by atoms with Crippen molar-refractivity contribution in [3.05, 3.63) is 29.6 Å². The van der Waals surface area contributed by atoms with Gasteiger partial charge in [-0.25, -0.2) is 17.5 Å². The summed E-state index contributed by atoms with van der Waals surface area (Å²) >= 11 is 0. The Bertz CT molecular complexity index is 619. The number of piperidine rings is 1. The minimum atomic E-state index is -3.81. The van der Waals surface area contributed by atoms with Crippen LogP contribution in [-0.4, -0.2) is 39.0 Å². The summed E-state index contributed by atoms with van der Waals surface area (Å²) in [6, 6.07) is 4.22. The Hall–Kier alpha value is -0.980. The van der Waals surface area contributed by atoms with Crippen LogP contribution in [0.5, 0.6) is 0 Å². The smallest absolute Gasteiger partial charge is 0.243 e. The first-order valence-corrected chi connectivity index (χ1v) is 9.28. The lowest BCUT2D eigenvalue weighted by molar-refractivity contribution is 0.140. The fourth-order valence-corrected chi connectivity index (χ4v) is 4.16. The number of likely N-dealkylation sites (tertiary alicyclic amines) is 1. The summed E-state index contributed by atoms with van der Waals surface area (Å²) < 4.78 is 40.9. The van der Waals surface area contributed by atoms with Gasteiger partial charge in [-0.05, 0) is 56.8 Å². The van der Waals surface area contributed by atoms with E-state index in [2.05, 4.69) is 16.5 Å². The van der Waals surface area contributed by atoms with E-state index in [4.69, 9.17) is 0 Å². The molecule has 22 heavy (non-hydrogen) atoms. The second-order valence-corrected chi connectivity index (χ2v) is 8.11. The molecule has 0 spiro atoms. The van der Waals surface area contributed by atoms with E-state index in [1.54, 1.807) is 13.0 Å². The van der Waals surface area contributed by atoms with E-state index in [-0.39, 0.29) is 10.9 Å². The summed E-state index contributed by atoms with van der Waals surface area (Å²) in [5, 5.41) is 0. The third-order valence-electron chi connectivity index (χ3n) is 4.26. The molecule has 1 fully saturated rings. The van der Waals surface area contributed by atoms with Crippen LogP contribution in [-0.2, 0) is 10.0 Å². The van der Waals surface area contributed by atoms with Gasteiger partial charge in [0.2, 0.25) is 10.0 Å². The zero-order chi connectivity index (χ0) is 16.3. The maximum atomic E-state index is 13.8. The maximum absolute atomic E-state index is 13.8. The lowest BCUT2D eigenvalue weighted by Gasteiger charge is -2.35. The van der Waals surface area contributed by atoms with Crippen LogP contribution in [0.25, 0.3) is 0 Å². The molecule has 1 aromatic carbocycles. The molecule has 1 aromatic rings. The monoisotopic (exact) mass is 328 g/mol. The molecular formula is C16H25FN2O2S. The van der Waals surface area contributed by atoms with Gasteiger partial charge in [-0.3, -0.25) is 4.90 Å². The van der Waals surface area contributed by atoms with Gasteiger partial charge in [0.25, 0.3) is 0 Å². The molecule has 6 heteroatoms. The van der Waals surface area contributed by atoms with E-state index in [0.717, 1.165) is 25.1 Å². The first-order valence-electron chi connectivity index (χ1n) is 7.79. The maximum Gasteiger partial charge on any atom is 0.243 e. The molecule has 0 aromatic heterocycles. The molecule has 2 rings (SSSR count). The lowest BCUT2D eigenvalue weighted by Crippen LogP contribution is -2.46. The number of hydrogen-bond acceptors (Lipinski definition) is 3. The number of nitrogens with zero attached hydrogens (tertiary/aromatic N) is 1. The average molecular weight is 328 g/mol. The summed E-state index contributed by atoms with van der Waals surface area (Å²) in [5.41, 5.74) is 0.722. The van der Waals surface area contributed by atoms with Gasteiger partial charge in [0, 0.05) is 19.1 Å². The molecule has 2 atom stereocenters. The lowest BCUT2D eigenvalue weighted by atomic mass is 9.99. The number of hydrogen-bond donors (Lipinski definition) is 1. The van der Waals surface area contributed by atoms with Gasteiger partial charge in [-0.15, -0.1) is 0 Å². The van der Waals surface area contributed by atoms with Crippen LogP contribution in [0, 0.1) is 18.7 Å². The predicted octanol–water partition coefficient (Wildman–Crippen LogP) is 2.53. The molecule has 1 aliphatic heterocycles. The molecule has 0 bridgehead atoms. The minimum absolute atomic E-state index is 0.102. The van der Waals surface area contributed by atoms with E-state index in [9.17, 15) is 12.8 Å². The van der Waals surface area contributed by atoms with Gasteiger partial charge < -0.3 is 0 Å². The first kappa shape index (κ1) is 17.4. The Labute approximate surface area is 132 Å². The second kappa shape index (κ2) is 7.06. The number of benzene rings is 1. The summed E-state index contributed by atoms with van der Waals surface area (Å²) in [4.78, 5) is 2.02. The Morgan fingerprint density at radius 2 is 2.18 bits per heavy atom. The zero-order valence-electron chi connectivity index (χ0n) is 13.5. The van der Waals surface area contributed by atoms with E-state index in [1.807, 2.05) is 6.92 Å². The number of rotatable bonds is 5. The molecule has 124 valence electrons. The van der Waals surface area contributed by atoms with Crippen molar-refractivity contribution in [2.75, 3.05) is 19.6 Å². The SMILES string of the molecule is Cc1ccc(F)c(S(=O)(=O)NC[C@H](C)N2CCC[C@@H](C)C2)c1. The zero-order valence-corrected chi connectivity index (χ0v) is 14.3. The summed E-state index contributed by atoms with van der Waals surface area (Å²) in [6.07, 6.45) is 2.37. The molecule has 0 radical (unpaired) electrons. The van der Waals surface area contributed by atoms with Crippen LogP contribution < -0.4 is 4.72 Å². The van der Waals surface area contributed by atoms with Crippen LogP contribution in [0.4, 0.5) is 4.39 Å². The van der Waals surface area contributed by atoms with Gasteiger partial charge in [0.15, 0.2) is 0 Å². The van der Waals surface area contributed by atoms with Crippen molar-refractivity contribution in [1.82, 2.24) is 9.62 Å². The molecule has 0 unspecified atom stereocenters. The highest BCUT2D eigenvalue weighted by molar-refractivity contribution is 7.89. The number of halogens is 1. The Morgan fingerprint density at radius 3 is 2.86 bits per heavy atom. The van der Waals surface area contributed by atoms with Crippen LogP contribution in [0.3, 0.4) is 0 Å². The Balaban J connectivity index is 2.01. The normalized spacial score (nSPS) is 21.7. The fraction of sp³-hybridized carbons (Fsp3) is 0.625. The van der Waals surface area contributed by atoms with Crippen molar-refractivity contribution < 1.29 is 12.8 Å². The second-order valence-electron chi connectivity index (χ2n) is 6.38. The molecule has 0 amide bonds. The van der Waals surface area contributed by atoms with Crippen molar-refractivity contribution >= 4 is 10.0 Å². The largest absolute Gasteiger partial charge is 0.299 e. The summed E-state index contributed by atoms with van der Waals surface area (Å²) in [7, 11) is -3.81. The molecule has 4 nitrogen and oxygen atoms in total. The Kier molecular flexibility index (Phi) is 5.58. The third-order valence-corrected chi connectivity index (χ3v) is 5.70. The van der Waals surface area contributed by atoms with Crippen molar-refractivity contribution in [1.29, 1.82) is 0 Å². The highest BCUT2D eigenvalue weighted by Gasteiger charge is 2.24. The van der Waals surface area contributed by atoms with Crippen LogP contribution in [0.1, 0.15) is 32.3 Å². The fourth-order valence-electron chi connectivity index (χ4n) is 2.88. The van der Waals surface area contributed by atoms with Gasteiger partial charge in [-0.1, -0.05) is 13.0 Å². The van der Waals surface area contributed by atoms with E-state index < -0.39 is 15.8 Å². The van der Waals surface area contributed by atoms with Crippen molar-refractivity contribution in [2.45, 2.75) is 44.6 Å². The highest BCUT2D eigenvalue weighted by atomic mass is 32.2. The average Bonchev–Trinajstić information content (AvgIpc) is 2.47. The van der Waals surface area contributed by atoms with Gasteiger partial charge in [0.1, 0.15) is 10.7 Å². The van der Waals surface area contributed by atoms with Gasteiger partial charge in [-0.2, -0.15) is 0 Å². The summed E-state index contributed by atoms with van der Waals surface area (Å²) in [6.45, 7) is 8.24. The molecular weight excluding hydrogens is 303 g/mol. The molecule has 0 aliphatic carbocycles. The number of nitrogens with one attached hydrogen (secondary N) is 1. The number of aryl methyl sites for hydroxylation is 1. The molecule has 0 saturated carbocycles. The van der Waals surface area contributed by atoms with E-state index >= 15 is 0 Å². The quantitative estimate of drug-likeness (QED) is 0.903. The predicted molar refractivity (Wildman–Crippen MR) is 85.8 cm³/mol. The molecule has 1 heterocycles. The first-order chi connectivity index (χ1) is 10.3. The van der Waals surface area contributed by atoms with Crippen molar-refractivity contribution in [3.8, 4) is 0 Å². The minimum Gasteiger partial charge on any atom is -0.299 e. The molecule has 1 saturated heterocycles. The topological polar surface area (TPSA) is 49.4 Å². The van der Waals surface area contributed by atoms with E-state index in [1.165, 1.54) is 18.6 Å².